The average molecular weight is 356 g/mol. The lowest BCUT2D eigenvalue weighted by atomic mass is 10.1. The van der Waals surface area contributed by atoms with Gasteiger partial charge >= 0.3 is 5.63 Å². The van der Waals surface area contributed by atoms with Gasteiger partial charge in [0.15, 0.2) is 0 Å². The van der Waals surface area contributed by atoms with Crippen molar-refractivity contribution < 1.29 is 9.52 Å². The van der Waals surface area contributed by atoms with Gasteiger partial charge in [0.2, 0.25) is 0 Å². The predicted octanol–water partition coefficient (Wildman–Crippen LogP) is 5.89. The standard InChI is InChI=1S/C22H16N2O3/c1-14-11-22(26)27-21-13-17(8-9-18(14)21)23-24-19-12-16(7-10-20(19)25)15-5-3-2-4-6-15/h2-13,25H,1H3. The van der Waals surface area contributed by atoms with E-state index in [0.717, 1.165) is 22.1 Å². The maximum Gasteiger partial charge on any atom is 0.336 e. The van der Waals surface area contributed by atoms with Gasteiger partial charge in [-0.2, -0.15) is 5.11 Å². The summed E-state index contributed by atoms with van der Waals surface area (Å²) in [7, 11) is 0. The van der Waals surface area contributed by atoms with E-state index in [1.54, 1.807) is 24.3 Å². The zero-order valence-electron chi connectivity index (χ0n) is 14.6. The number of hydrogen-bond acceptors (Lipinski definition) is 5. The van der Waals surface area contributed by atoms with Crippen LogP contribution in [0, 0.1) is 6.92 Å². The molecule has 0 fully saturated rings. The zero-order valence-corrected chi connectivity index (χ0v) is 14.6. The van der Waals surface area contributed by atoms with E-state index in [-0.39, 0.29) is 5.75 Å². The van der Waals surface area contributed by atoms with E-state index in [1.807, 2.05) is 49.4 Å². The molecule has 0 amide bonds. The van der Waals surface area contributed by atoms with E-state index in [2.05, 4.69) is 10.2 Å². The van der Waals surface area contributed by atoms with Gasteiger partial charge in [-0.1, -0.05) is 36.4 Å². The minimum absolute atomic E-state index is 0.0431. The SMILES string of the molecule is Cc1cc(=O)oc2cc(N=Nc3cc(-c4ccccc4)ccc3O)ccc12. The molecule has 0 radical (unpaired) electrons. The highest BCUT2D eigenvalue weighted by atomic mass is 16.4. The monoisotopic (exact) mass is 356 g/mol. The van der Waals surface area contributed by atoms with Gasteiger partial charge < -0.3 is 9.52 Å². The molecular weight excluding hydrogens is 340 g/mol. The molecular formula is C22H16N2O3. The van der Waals surface area contributed by atoms with Crippen molar-refractivity contribution in [1.29, 1.82) is 0 Å². The molecule has 1 aromatic heterocycles. The number of benzene rings is 3. The zero-order chi connectivity index (χ0) is 18.8. The fourth-order valence-electron chi connectivity index (χ4n) is 2.90. The van der Waals surface area contributed by atoms with Crippen molar-refractivity contribution in [2.45, 2.75) is 6.92 Å². The van der Waals surface area contributed by atoms with Gasteiger partial charge in [-0.05, 0) is 47.9 Å². The van der Waals surface area contributed by atoms with Crippen molar-refractivity contribution in [3.63, 3.8) is 0 Å². The van der Waals surface area contributed by atoms with Crippen LogP contribution < -0.4 is 5.63 Å². The quantitative estimate of drug-likeness (QED) is 0.367. The molecule has 0 bridgehead atoms. The third-order valence-corrected chi connectivity index (χ3v) is 4.29. The summed E-state index contributed by atoms with van der Waals surface area (Å²) < 4.78 is 5.23. The number of azo groups is 1. The molecule has 1 N–H and O–H groups in total. The Bertz CT molecular complexity index is 1210. The number of phenols is 1. The smallest absolute Gasteiger partial charge is 0.336 e. The Balaban J connectivity index is 1.70. The molecule has 1 heterocycles. The molecule has 4 aromatic rings. The summed E-state index contributed by atoms with van der Waals surface area (Å²) in [4.78, 5) is 11.6. The number of aromatic hydroxyl groups is 1. The Kier molecular flexibility index (Phi) is 4.26. The first-order valence-electron chi connectivity index (χ1n) is 8.45. The van der Waals surface area contributed by atoms with Crippen LogP contribution in [0.1, 0.15) is 5.56 Å². The van der Waals surface area contributed by atoms with E-state index < -0.39 is 5.63 Å². The van der Waals surface area contributed by atoms with Crippen molar-refractivity contribution in [2.75, 3.05) is 0 Å². The van der Waals surface area contributed by atoms with Gasteiger partial charge in [0.1, 0.15) is 17.0 Å². The first-order valence-corrected chi connectivity index (χ1v) is 8.45. The molecule has 5 nitrogen and oxygen atoms in total. The Morgan fingerprint density at radius 2 is 1.67 bits per heavy atom. The molecule has 0 aliphatic heterocycles. The molecule has 132 valence electrons. The number of hydrogen-bond donors (Lipinski definition) is 1. The molecule has 0 atom stereocenters. The van der Waals surface area contributed by atoms with E-state index in [9.17, 15) is 9.90 Å². The summed E-state index contributed by atoms with van der Waals surface area (Å²) in [6.45, 7) is 1.85. The minimum atomic E-state index is -0.401. The van der Waals surface area contributed by atoms with E-state index >= 15 is 0 Å². The lowest BCUT2D eigenvalue weighted by Gasteiger charge is -2.04. The summed E-state index contributed by atoms with van der Waals surface area (Å²) in [6.07, 6.45) is 0. The fourth-order valence-corrected chi connectivity index (χ4v) is 2.90. The van der Waals surface area contributed by atoms with Crippen LogP contribution in [0.25, 0.3) is 22.1 Å². The summed E-state index contributed by atoms with van der Waals surface area (Å²) in [5, 5.41) is 19.3. The number of rotatable bonds is 3. The van der Waals surface area contributed by atoms with Gasteiger partial charge in [-0.15, -0.1) is 5.11 Å². The molecule has 4 rings (SSSR count). The van der Waals surface area contributed by atoms with Crippen LogP contribution in [0.2, 0.25) is 0 Å². The summed E-state index contributed by atoms with van der Waals surface area (Å²) in [5.74, 6) is 0.0431. The van der Waals surface area contributed by atoms with Crippen LogP contribution in [-0.4, -0.2) is 5.11 Å². The fraction of sp³-hybridized carbons (Fsp3) is 0.0455. The lowest BCUT2D eigenvalue weighted by Crippen LogP contribution is -1.97. The predicted molar refractivity (Wildman–Crippen MR) is 105 cm³/mol. The third-order valence-electron chi connectivity index (χ3n) is 4.29. The average Bonchev–Trinajstić information content (AvgIpc) is 2.67. The Hall–Kier alpha value is -3.73. The van der Waals surface area contributed by atoms with Gasteiger partial charge in [0.25, 0.3) is 0 Å². The van der Waals surface area contributed by atoms with Crippen LogP contribution in [0.5, 0.6) is 5.75 Å². The summed E-state index contributed by atoms with van der Waals surface area (Å²) in [6, 6.07) is 21.8. The van der Waals surface area contributed by atoms with Crippen LogP contribution in [0.3, 0.4) is 0 Å². The Morgan fingerprint density at radius 3 is 2.48 bits per heavy atom. The van der Waals surface area contributed by atoms with Gasteiger partial charge in [0.05, 0.1) is 5.69 Å². The van der Waals surface area contributed by atoms with Gasteiger partial charge in [-0.25, -0.2) is 4.79 Å². The normalized spacial score (nSPS) is 11.3. The van der Waals surface area contributed by atoms with Crippen molar-refractivity contribution in [3.05, 3.63) is 88.8 Å². The molecule has 5 heteroatoms. The van der Waals surface area contributed by atoms with E-state index in [1.165, 1.54) is 6.07 Å². The van der Waals surface area contributed by atoms with Crippen LogP contribution in [0.4, 0.5) is 11.4 Å². The Labute approximate surface area is 155 Å². The maximum absolute atomic E-state index is 11.6. The Morgan fingerprint density at radius 1 is 0.852 bits per heavy atom. The van der Waals surface area contributed by atoms with E-state index in [0.29, 0.717) is 17.0 Å². The number of phenolic OH excluding ortho intramolecular Hbond substituents is 1. The number of fused-ring (bicyclic) bond motifs is 1. The van der Waals surface area contributed by atoms with Crippen molar-refractivity contribution >= 4 is 22.3 Å². The molecule has 0 aliphatic rings. The van der Waals surface area contributed by atoms with Gasteiger partial charge in [-0.3, -0.25) is 0 Å². The largest absolute Gasteiger partial charge is 0.506 e. The van der Waals surface area contributed by atoms with E-state index in [4.69, 9.17) is 4.42 Å². The molecule has 0 unspecified atom stereocenters. The van der Waals surface area contributed by atoms with Gasteiger partial charge in [0, 0.05) is 17.5 Å². The maximum atomic E-state index is 11.6. The van der Waals surface area contributed by atoms with Crippen LogP contribution in [0.15, 0.2) is 92.2 Å². The number of aryl methyl sites for hydroxylation is 1. The molecule has 0 aliphatic carbocycles. The highest BCUT2D eigenvalue weighted by Crippen LogP contribution is 2.33. The molecule has 0 saturated heterocycles. The lowest BCUT2D eigenvalue weighted by molar-refractivity contribution is 0.476. The van der Waals surface area contributed by atoms with Crippen molar-refractivity contribution in [3.8, 4) is 16.9 Å². The molecule has 0 saturated carbocycles. The first kappa shape index (κ1) is 16.7. The second-order valence-corrected chi connectivity index (χ2v) is 6.20. The molecule has 0 spiro atoms. The minimum Gasteiger partial charge on any atom is -0.506 e. The summed E-state index contributed by atoms with van der Waals surface area (Å²) >= 11 is 0. The first-order chi connectivity index (χ1) is 13.1. The second kappa shape index (κ2) is 6.88. The second-order valence-electron chi connectivity index (χ2n) is 6.20. The topological polar surface area (TPSA) is 75.2 Å². The van der Waals surface area contributed by atoms with Crippen LogP contribution in [-0.2, 0) is 0 Å². The summed E-state index contributed by atoms with van der Waals surface area (Å²) in [5.41, 5.74) is 3.75. The van der Waals surface area contributed by atoms with Crippen molar-refractivity contribution in [1.82, 2.24) is 0 Å². The van der Waals surface area contributed by atoms with Crippen LogP contribution >= 0.6 is 0 Å². The van der Waals surface area contributed by atoms with Crippen molar-refractivity contribution in [2.24, 2.45) is 10.2 Å². The molecule has 27 heavy (non-hydrogen) atoms. The third kappa shape index (κ3) is 3.48. The highest BCUT2D eigenvalue weighted by molar-refractivity contribution is 5.82. The number of nitrogens with zero attached hydrogens (tertiary/aromatic N) is 2. The highest BCUT2D eigenvalue weighted by Gasteiger charge is 2.06. The molecule has 3 aromatic carbocycles.